The molecule has 1 aromatic carbocycles. The van der Waals surface area contributed by atoms with E-state index in [2.05, 4.69) is 10.1 Å². The lowest BCUT2D eigenvalue weighted by Crippen LogP contribution is -2.40. The number of nitrogens with one attached hydrogen (secondary N) is 1. The summed E-state index contributed by atoms with van der Waals surface area (Å²) in [6, 6.07) is 6.83. The third-order valence-electron chi connectivity index (χ3n) is 6.66. The monoisotopic (exact) mass is 638 g/mol. The molecule has 44 heavy (non-hydrogen) atoms. The molecule has 1 fully saturated rings. The minimum absolute atomic E-state index is 0.109. The number of aromatic nitrogens is 2. The lowest BCUT2D eigenvalue weighted by molar-refractivity contribution is -0.152. The highest BCUT2D eigenvalue weighted by molar-refractivity contribution is 7.52. The molecule has 1 aliphatic heterocycles. The number of carbonyl (C=O) groups excluding carboxylic acids is 3. The van der Waals surface area contributed by atoms with E-state index >= 15 is 0 Å². The third-order valence-corrected chi connectivity index (χ3v) is 8.23. The molecular weight excluding hydrogens is 595 g/mol. The van der Waals surface area contributed by atoms with Crippen LogP contribution in [0.1, 0.15) is 76.5 Å². The maximum absolute atomic E-state index is 14.1. The molecule has 0 spiro atoms. The van der Waals surface area contributed by atoms with Crippen molar-refractivity contribution in [2.75, 3.05) is 19.8 Å². The van der Waals surface area contributed by atoms with Crippen molar-refractivity contribution < 1.29 is 47.3 Å². The van der Waals surface area contributed by atoms with Gasteiger partial charge in [0.2, 0.25) is 5.88 Å². The topological polar surface area (TPSA) is 191 Å². The fourth-order valence-corrected chi connectivity index (χ4v) is 5.67. The van der Waals surface area contributed by atoms with Crippen LogP contribution in [0, 0.1) is 11.8 Å². The first-order valence-electron chi connectivity index (χ1n) is 14.7. The lowest BCUT2D eigenvalue weighted by atomic mass is 10.1. The second-order valence-corrected chi connectivity index (χ2v) is 13.0. The van der Waals surface area contributed by atoms with Gasteiger partial charge in [0.05, 0.1) is 32.3 Å². The first-order valence-corrected chi connectivity index (χ1v) is 16.2. The van der Waals surface area contributed by atoms with Crippen LogP contribution in [0.3, 0.4) is 0 Å². The standard InChI is InChI=1S/C29H43N4O10P/c1-19(2)12-14-39-25(34)16-23(29(37)40-15-13-20(3)4)32-44(38,43-21-8-6-5-7-9-21)41-17-22-10-11-24(42-22)33-18-31-26(27(30)35)28(33)36/h5-9,18-20,22-24,36H,10-17H2,1-4H3,(H2,30,35)(H,32,38)/t22-,23-,24+,44?/m0/s1. The van der Waals surface area contributed by atoms with Crippen molar-refractivity contribution in [3.05, 3.63) is 42.4 Å². The molecule has 1 unspecified atom stereocenters. The number of hydrogen-bond donors (Lipinski definition) is 3. The molecule has 15 heteroatoms. The Hall–Kier alpha value is -3.45. The van der Waals surface area contributed by atoms with Gasteiger partial charge in [-0.05, 0) is 49.7 Å². The van der Waals surface area contributed by atoms with Gasteiger partial charge in [-0.25, -0.2) is 9.55 Å². The summed E-state index contributed by atoms with van der Waals surface area (Å²) in [6.45, 7) is 7.99. The summed E-state index contributed by atoms with van der Waals surface area (Å²) in [6.07, 6.45) is 1.58. The third kappa shape index (κ3) is 10.9. The Balaban J connectivity index is 1.74. The highest BCUT2D eigenvalue weighted by atomic mass is 31.2. The molecule has 1 saturated heterocycles. The molecule has 4 N–H and O–H groups in total. The number of benzene rings is 1. The predicted octanol–water partition coefficient (Wildman–Crippen LogP) is 4.10. The number of aromatic hydroxyl groups is 1. The van der Waals surface area contributed by atoms with Crippen molar-refractivity contribution in [1.29, 1.82) is 0 Å². The first kappa shape index (κ1) is 35.0. The highest BCUT2D eigenvalue weighted by Crippen LogP contribution is 2.46. The summed E-state index contributed by atoms with van der Waals surface area (Å²) in [5, 5.41) is 12.9. The van der Waals surface area contributed by atoms with Crippen LogP contribution >= 0.6 is 7.75 Å². The van der Waals surface area contributed by atoms with Crippen LogP contribution < -0.4 is 15.3 Å². The Morgan fingerprint density at radius 3 is 2.36 bits per heavy atom. The number of imidazole rings is 1. The summed E-state index contributed by atoms with van der Waals surface area (Å²) >= 11 is 0. The van der Waals surface area contributed by atoms with Crippen molar-refractivity contribution in [2.24, 2.45) is 17.6 Å². The number of rotatable bonds is 18. The van der Waals surface area contributed by atoms with E-state index in [4.69, 9.17) is 29.0 Å². The minimum atomic E-state index is -4.33. The van der Waals surface area contributed by atoms with Crippen molar-refractivity contribution in [3.63, 3.8) is 0 Å². The number of nitrogens with zero attached hydrogens (tertiary/aromatic N) is 2. The summed E-state index contributed by atoms with van der Waals surface area (Å²) in [7, 11) is -4.33. The number of nitrogens with two attached hydrogens (primary N) is 1. The first-order chi connectivity index (χ1) is 20.9. The van der Waals surface area contributed by atoms with Gasteiger partial charge in [-0.1, -0.05) is 45.9 Å². The Bertz CT molecular complexity index is 1290. The Kier molecular flexibility index (Phi) is 13.2. The van der Waals surface area contributed by atoms with Gasteiger partial charge in [-0.3, -0.25) is 23.5 Å². The molecule has 3 rings (SSSR count). The largest absolute Gasteiger partial charge is 0.493 e. The van der Waals surface area contributed by atoms with E-state index in [9.17, 15) is 24.1 Å². The molecule has 4 atom stereocenters. The van der Waals surface area contributed by atoms with E-state index in [-0.39, 0.29) is 37.2 Å². The molecule has 0 aliphatic carbocycles. The number of esters is 2. The van der Waals surface area contributed by atoms with Crippen LogP contribution in [0.5, 0.6) is 11.6 Å². The Labute approximate surface area is 257 Å². The van der Waals surface area contributed by atoms with Crippen LogP contribution in [0.15, 0.2) is 36.7 Å². The molecular formula is C29H43N4O10P. The zero-order valence-corrected chi connectivity index (χ0v) is 26.4. The molecule has 0 radical (unpaired) electrons. The van der Waals surface area contributed by atoms with E-state index in [1.807, 2.05) is 27.7 Å². The van der Waals surface area contributed by atoms with E-state index in [0.717, 1.165) is 0 Å². The van der Waals surface area contributed by atoms with Crippen LogP contribution in [-0.2, 0) is 32.9 Å². The van der Waals surface area contributed by atoms with Gasteiger partial charge in [0.25, 0.3) is 5.91 Å². The van der Waals surface area contributed by atoms with Gasteiger partial charge in [-0.15, -0.1) is 0 Å². The minimum Gasteiger partial charge on any atom is -0.493 e. The van der Waals surface area contributed by atoms with Gasteiger partial charge in [-0.2, -0.15) is 5.09 Å². The van der Waals surface area contributed by atoms with E-state index in [1.54, 1.807) is 30.3 Å². The average Bonchev–Trinajstić information content (AvgIpc) is 3.58. The fourth-order valence-electron chi connectivity index (χ4n) is 4.15. The molecule has 2 heterocycles. The van der Waals surface area contributed by atoms with Gasteiger partial charge in [0, 0.05) is 0 Å². The molecule has 14 nitrogen and oxygen atoms in total. The summed E-state index contributed by atoms with van der Waals surface area (Å²) in [5.41, 5.74) is 4.95. The predicted molar refractivity (Wildman–Crippen MR) is 159 cm³/mol. The van der Waals surface area contributed by atoms with Crippen LogP contribution in [-0.4, -0.2) is 64.5 Å². The van der Waals surface area contributed by atoms with E-state index in [1.165, 1.54) is 10.9 Å². The number of primary amides is 1. The fraction of sp³-hybridized carbons (Fsp3) is 0.586. The maximum Gasteiger partial charge on any atom is 0.459 e. The summed E-state index contributed by atoms with van der Waals surface area (Å²) in [4.78, 5) is 41.0. The number of amides is 1. The molecule has 1 aliphatic rings. The zero-order chi connectivity index (χ0) is 32.3. The van der Waals surface area contributed by atoms with Crippen molar-refractivity contribution in [1.82, 2.24) is 14.6 Å². The van der Waals surface area contributed by atoms with Crippen molar-refractivity contribution in [3.8, 4) is 11.6 Å². The second-order valence-electron chi connectivity index (χ2n) is 11.3. The van der Waals surface area contributed by atoms with Crippen LogP contribution in [0.2, 0.25) is 0 Å². The quantitative estimate of drug-likeness (QED) is 0.157. The second kappa shape index (κ2) is 16.6. The normalized spacial score (nSPS) is 18.6. The lowest BCUT2D eigenvalue weighted by Gasteiger charge is -2.25. The van der Waals surface area contributed by atoms with Gasteiger partial charge in [0.1, 0.15) is 24.3 Å². The number of para-hydroxylation sites is 1. The number of carbonyl (C=O) groups is 3. The van der Waals surface area contributed by atoms with E-state index < -0.39 is 56.3 Å². The molecule has 244 valence electrons. The molecule has 2 aromatic rings. The number of ether oxygens (including phenoxy) is 3. The van der Waals surface area contributed by atoms with Crippen LogP contribution in [0.25, 0.3) is 0 Å². The van der Waals surface area contributed by atoms with E-state index in [0.29, 0.717) is 31.6 Å². The molecule has 0 bridgehead atoms. The van der Waals surface area contributed by atoms with Crippen molar-refractivity contribution in [2.45, 2.75) is 78.2 Å². The maximum atomic E-state index is 14.1. The highest BCUT2D eigenvalue weighted by Gasteiger charge is 2.38. The average molecular weight is 639 g/mol. The van der Waals surface area contributed by atoms with Crippen molar-refractivity contribution >= 4 is 25.6 Å². The molecule has 1 aromatic heterocycles. The van der Waals surface area contributed by atoms with Crippen LogP contribution in [0.4, 0.5) is 0 Å². The van der Waals surface area contributed by atoms with Gasteiger partial charge in [0.15, 0.2) is 5.69 Å². The zero-order valence-electron chi connectivity index (χ0n) is 25.5. The Morgan fingerprint density at radius 1 is 1.09 bits per heavy atom. The van der Waals surface area contributed by atoms with Gasteiger partial charge < -0.3 is 29.6 Å². The molecule has 0 saturated carbocycles. The number of hydrogen-bond acceptors (Lipinski definition) is 11. The van der Waals surface area contributed by atoms with Gasteiger partial charge >= 0.3 is 19.7 Å². The molecule has 1 amide bonds. The summed E-state index contributed by atoms with van der Waals surface area (Å²) < 4.78 is 43.5. The Morgan fingerprint density at radius 2 is 1.75 bits per heavy atom. The summed E-state index contributed by atoms with van der Waals surface area (Å²) in [5.74, 6) is -2.01. The SMILES string of the molecule is CC(C)CCOC(=O)C[C@H](NP(=O)(OC[C@@H]1CC[C@H](n2cnc(C(N)=O)c2O)O1)Oc1ccccc1)C(=O)OCCC(C)C. The smallest absolute Gasteiger partial charge is 0.459 e.